The number of hydrogen-bond donors (Lipinski definition) is 7. The van der Waals surface area contributed by atoms with Gasteiger partial charge in [0.25, 0.3) is 0 Å². The first-order chi connectivity index (χ1) is 9.96. The number of nitrogens with one attached hydrogen (secondary N) is 3. The Labute approximate surface area is 119 Å². The predicted molar refractivity (Wildman–Crippen MR) is 66.8 cm³/mol. The van der Waals surface area contributed by atoms with Gasteiger partial charge in [-0.15, -0.1) is 0 Å². The zero-order chi connectivity index (χ0) is 15.6. The molecule has 0 bridgehead atoms. The molecule has 2 rings (SSSR count). The number of aliphatic hydroxyl groups excluding tert-OH is 4. The third-order valence-corrected chi connectivity index (χ3v) is 3.16. The number of carbonyl (C=O) groups excluding carboxylic acids is 1. The van der Waals surface area contributed by atoms with Gasteiger partial charge in [-0.05, 0) is 0 Å². The van der Waals surface area contributed by atoms with E-state index < -0.39 is 49.6 Å². The Morgan fingerprint density at radius 2 is 2.10 bits per heavy atom. The summed E-state index contributed by atoms with van der Waals surface area (Å²) in [6.45, 7) is -0.495. The van der Waals surface area contributed by atoms with Crippen molar-refractivity contribution in [1.82, 2.24) is 16.0 Å². The number of carbonyl (C=O) groups is 1. The van der Waals surface area contributed by atoms with Crippen LogP contribution in [0.5, 0.6) is 0 Å². The molecule has 2 amide bonds. The zero-order valence-electron chi connectivity index (χ0n) is 11.1. The van der Waals surface area contributed by atoms with Crippen LogP contribution in [-0.4, -0.2) is 83.1 Å². The summed E-state index contributed by atoms with van der Waals surface area (Å²) in [4.78, 5) is 14.9. The molecular formula is C10H18N4O7. The predicted octanol–water partition coefficient (Wildman–Crippen LogP) is -4.03. The number of methoxy groups -OCH3 is 1. The van der Waals surface area contributed by atoms with Crippen LogP contribution in [0.2, 0.25) is 0 Å². The summed E-state index contributed by atoms with van der Waals surface area (Å²) in [5.74, 6) is -0.115. The molecule has 0 saturated carbocycles. The molecule has 2 aliphatic rings. The van der Waals surface area contributed by atoms with Gasteiger partial charge in [0.05, 0.1) is 6.61 Å². The minimum Gasteiger partial charge on any atom is -0.394 e. The number of rotatable bonds is 3. The maximum Gasteiger partial charge on any atom is 0.325 e. The van der Waals surface area contributed by atoms with Gasteiger partial charge in [-0.2, -0.15) is 0 Å². The Balaban J connectivity index is 2.11. The van der Waals surface area contributed by atoms with Crippen LogP contribution in [0.4, 0.5) is 4.79 Å². The second-order valence-electron chi connectivity index (χ2n) is 4.56. The Bertz CT molecular complexity index is 418. The Morgan fingerprint density at radius 1 is 1.38 bits per heavy atom. The lowest BCUT2D eigenvalue weighted by molar-refractivity contribution is -0.261. The maximum atomic E-state index is 11.2. The zero-order valence-corrected chi connectivity index (χ0v) is 11.1. The molecule has 11 nitrogen and oxygen atoms in total. The van der Waals surface area contributed by atoms with Crippen molar-refractivity contribution in [2.45, 2.75) is 37.0 Å². The summed E-state index contributed by atoms with van der Waals surface area (Å²) in [6, 6.07) is -1.66. The van der Waals surface area contributed by atoms with Crippen LogP contribution in [0.15, 0.2) is 4.99 Å². The molecule has 2 aliphatic heterocycles. The third-order valence-electron chi connectivity index (χ3n) is 3.16. The number of ether oxygens (including phenoxy) is 2. The number of aliphatic hydroxyl groups is 4. The van der Waals surface area contributed by atoms with Gasteiger partial charge in [0, 0.05) is 7.11 Å². The van der Waals surface area contributed by atoms with Gasteiger partial charge in [-0.3, -0.25) is 10.6 Å². The summed E-state index contributed by atoms with van der Waals surface area (Å²) < 4.78 is 10.3. The molecule has 1 unspecified atom stereocenters. The van der Waals surface area contributed by atoms with E-state index in [2.05, 4.69) is 20.9 Å². The monoisotopic (exact) mass is 306 g/mol. The van der Waals surface area contributed by atoms with E-state index >= 15 is 0 Å². The number of hydrogen-bond acceptors (Lipinski definition) is 9. The summed E-state index contributed by atoms with van der Waals surface area (Å²) >= 11 is 0. The van der Waals surface area contributed by atoms with E-state index in [0.717, 1.165) is 0 Å². The summed E-state index contributed by atoms with van der Waals surface area (Å²) in [6.07, 6.45) is -6.15. The van der Waals surface area contributed by atoms with Gasteiger partial charge >= 0.3 is 6.03 Å². The van der Waals surface area contributed by atoms with Crippen LogP contribution in [0, 0.1) is 0 Å². The van der Waals surface area contributed by atoms with Crippen molar-refractivity contribution in [3.63, 3.8) is 0 Å². The standard InChI is InChI=1S/C10H18N4O7/c1-20-7-4(6(17)5(16)3(2-15)21-7)11-8-12-9(18)14-10(19)13-8/h3-7,9,15-18H,2H2,1H3,(H3,11,12,13,14,19)/t3-,4+,5+,6-,7-,9?/m1/s1. The first-order valence-electron chi connectivity index (χ1n) is 6.21. The van der Waals surface area contributed by atoms with Gasteiger partial charge in [-0.1, -0.05) is 0 Å². The lowest BCUT2D eigenvalue weighted by Crippen LogP contribution is -2.67. The molecule has 1 fully saturated rings. The molecule has 7 N–H and O–H groups in total. The second-order valence-corrected chi connectivity index (χ2v) is 4.56. The van der Waals surface area contributed by atoms with E-state index in [0.29, 0.717) is 0 Å². The maximum absolute atomic E-state index is 11.2. The number of guanidine groups is 1. The molecule has 0 radical (unpaired) electrons. The molecule has 1 saturated heterocycles. The molecule has 0 aromatic rings. The van der Waals surface area contributed by atoms with Gasteiger partial charge in [0.1, 0.15) is 24.4 Å². The highest BCUT2D eigenvalue weighted by atomic mass is 16.7. The highest BCUT2D eigenvalue weighted by molar-refractivity contribution is 5.98. The van der Waals surface area contributed by atoms with Gasteiger partial charge in [0.2, 0.25) is 12.3 Å². The van der Waals surface area contributed by atoms with E-state index in [9.17, 15) is 20.1 Å². The molecule has 0 aromatic heterocycles. The van der Waals surface area contributed by atoms with E-state index in [-0.39, 0.29) is 5.96 Å². The van der Waals surface area contributed by atoms with Crippen molar-refractivity contribution in [1.29, 1.82) is 0 Å². The highest BCUT2D eigenvalue weighted by Crippen LogP contribution is 2.21. The number of aliphatic imine (C=N–C) groups is 1. The molecule has 11 heteroatoms. The van der Waals surface area contributed by atoms with Crippen molar-refractivity contribution in [3.05, 3.63) is 0 Å². The van der Waals surface area contributed by atoms with E-state index in [1.807, 2.05) is 0 Å². The van der Waals surface area contributed by atoms with E-state index in [4.69, 9.17) is 14.6 Å². The SMILES string of the molecule is CO[C@@H]1O[C@H](CO)[C@H](O)[C@H](O)[C@@H]1NC1=NC(O)NC(=O)N1. The molecule has 120 valence electrons. The summed E-state index contributed by atoms with van der Waals surface area (Å²) in [5, 5.41) is 45.3. The Kier molecular flexibility index (Phi) is 4.92. The lowest BCUT2D eigenvalue weighted by atomic mass is 9.97. The van der Waals surface area contributed by atoms with Crippen LogP contribution in [0.1, 0.15) is 0 Å². The average molecular weight is 306 g/mol. The van der Waals surface area contributed by atoms with Crippen molar-refractivity contribution < 1.29 is 34.7 Å². The fourth-order valence-electron chi connectivity index (χ4n) is 2.12. The van der Waals surface area contributed by atoms with Crippen molar-refractivity contribution in [2.75, 3.05) is 13.7 Å². The van der Waals surface area contributed by atoms with E-state index in [1.54, 1.807) is 0 Å². The topological polar surface area (TPSA) is 165 Å². The van der Waals surface area contributed by atoms with E-state index in [1.165, 1.54) is 7.11 Å². The van der Waals surface area contributed by atoms with Gasteiger partial charge in [0.15, 0.2) is 6.29 Å². The molecular weight excluding hydrogens is 288 g/mol. The third kappa shape index (κ3) is 3.40. The smallest absolute Gasteiger partial charge is 0.325 e. The molecule has 21 heavy (non-hydrogen) atoms. The normalized spacial score (nSPS) is 40.0. The second kappa shape index (κ2) is 6.51. The minimum atomic E-state index is -1.43. The van der Waals surface area contributed by atoms with Gasteiger partial charge < -0.3 is 35.2 Å². The Morgan fingerprint density at radius 3 is 2.67 bits per heavy atom. The molecule has 2 heterocycles. The highest BCUT2D eigenvalue weighted by Gasteiger charge is 2.45. The fraction of sp³-hybridized carbons (Fsp3) is 0.800. The quantitative estimate of drug-likeness (QED) is 0.277. The first kappa shape index (κ1) is 15.9. The van der Waals surface area contributed by atoms with Crippen molar-refractivity contribution in [3.8, 4) is 0 Å². The molecule has 6 atom stereocenters. The van der Waals surface area contributed by atoms with Crippen LogP contribution < -0.4 is 16.0 Å². The van der Waals surface area contributed by atoms with Crippen LogP contribution in [0.25, 0.3) is 0 Å². The number of urea groups is 1. The largest absolute Gasteiger partial charge is 0.394 e. The molecule has 0 aromatic carbocycles. The number of amides is 2. The van der Waals surface area contributed by atoms with Crippen LogP contribution in [0.3, 0.4) is 0 Å². The minimum absolute atomic E-state index is 0.115. The van der Waals surface area contributed by atoms with Crippen LogP contribution >= 0.6 is 0 Å². The number of nitrogens with zero attached hydrogens (tertiary/aromatic N) is 1. The van der Waals surface area contributed by atoms with Gasteiger partial charge in [-0.25, -0.2) is 9.79 Å². The lowest BCUT2D eigenvalue weighted by Gasteiger charge is -2.42. The Hall–Kier alpha value is -1.50. The molecule has 0 aliphatic carbocycles. The molecule has 0 spiro atoms. The van der Waals surface area contributed by atoms with Crippen molar-refractivity contribution in [2.24, 2.45) is 4.99 Å². The summed E-state index contributed by atoms with van der Waals surface area (Å²) in [7, 11) is 1.32. The summed E-state index contributed by atoms with van der Waals surface area (Å²) in [5.41, 5.74) is 0. The average Bonchev–Trinajstić information content (AvgIpc) is 2.43. The van der Waals surface area contributed by atoms with Crippen LogP contribution in [-0.2, 0) is 9.47 Å². The first-order valence-corrected chi connectivity index (χ1v) is 6.21. The van der Waals surface area contributed by atoms with Crippen molar-refractivity contribution >= 4 is 12.0 Å². The fourth-order valence-corrected chi connectivity index (χ4v) is 2.12.